The van der Waals surface area contributed by atoms with E-state index < -0.39 is 24.0 Å². The van der Waals surface area contributed by atoms with E-state index in [4.69, 9.17) is 10.2 Å². The molecule has 1 aromatic heterocycles. The molecule has 0 bridgehead atoms. The van der Waals surface area contributed by atoms with Gasteiger partial charge < -0.3 is 20.8 Å². The number of nitrogens with zero attached hydrogens (tertiary/aromatic N) is 2. The molecule has 4 N–H and O–H groups in total. The average molecular weight is 284 g/mol. The number of carboxylic acid groups (broad SMARTS) is 2. The van der Waals surface area contributed by atoms with Gasteiger partial charge in [-0.3, -0.25) is 9.48 Å². The summed E-state index contributed by atoms with van der Waals surface area (Å²) in [5.41, 5.74) is 0.423. The molecular weight excluding hydrogens is 268 g/mol. The van der Waals surface area contributed by atoms with E-state index in [1.807, 2.05) is 6.92 Å². The predicted octanol–water partition coefficient (Wildman–Crippen LogP) is 0.342. The monoisotopic (exact) mass is 284 g/mol. The number of aryl methyl sites for hydroxylation is 1. The predicted molar refractivity (Wildman–Crippen MR) is 68.3 cm³/mol. The second-order valence-electron chi connectivity index (χ2n) is 4.01. The highest BCUT2D eigenvalue weighted by molar-refractivity contribution is 5.92. The van der Waals surface area contributed by atoms with Crippen LogP contribution in [0.3, 0.4) is 0 Å². The first-order chi connectivity index (χ1) is 9.42. The molecular formula is C11H16N4O5. The Bertz CT molecular complexity index is 499. The third-order valence-electron chi connectivity index (χ3n) is 2.47. The van der Waals surface area contributed by atoms with Crippen LogP contribution in [0.4, 0.5) is 10.5 Å². The summed E-state index contributed by atoms with van der Waals surface area (Å²) in [7, 11) is 0. The highest BCUT2D eigenvalue weighted by Crippen LogP contribution is 2.05. The van der Waals surface area contributed by atoms with Crippen molar-refractivity contribution in [1.29, 1.82) is 0 Å². The molecule has 9 heteroatoms. The molecule has 0 aromatic carbocycles. The van der Waals surface area contributed by atoms with Crippen LogP contribution in [0.5, 0.6) is 0 Å². The van der Waals surface area contributed by atoms with Crippen molar-refractivity contribution in [2.45, 2.75) is 32.4 Å². The minimum atomic E-state index is -1.29. The standard InChI is InChI=1S/C11H16N4O5/c1-2-15-6-7(5-12-15)13-11(20)14-8(10(18)19)3-4-9(16)17/h5-6,8H,2-4H2,1H3,(H,16,17)(H,18,19)(H2,13,14,20). The van der Waals surface area contributed by atoms with E-state index in [9.17, 15) is 14.4 Å². The van der Waals surface area contributed by atoms with E-state index in [1.54, 1.807) is 10.9 Å². The van der Waals surface area contributed by atoms with Crippen LogP contribution in [0.1, 0.15) is 19.8 Å². The second kappa shape index (κ2) is 7.12. The molecule has 0 saturated carbocycles. The zero-order valence-corrected chi connectivity index (χ0v) is 10.9. The number of aromatic nitrogens is 2. The first-order valence-electron chi connectivity index (χ1n) is 5.97. The van der Waals surface area contributed by atoms with Crippen LogP contribution < -0.4 is 10.6 Å². The molecule has 0 radical (unpaired) electrons. The molecule has 1 aromatic rings. The van der Waals surface area contributed by atoms with Crippen LogP contribution in [0.25, 0.3) is 0 Å². The van der Waals surface area contributed by atoms with Gasteiger partial charge in [0.2, 0.25) is 0 Å². The summed E-state index contributed by atoms with van der Waals surface area (Å²) in [5, 5.41) is 26.0. The van der Waals surface area contributed by atoms with Crippen molar-refractivity contribution >= 4 is 23.7 Å². The van der Waals surface area contributed by atoms with Crippen LogP contribution in [-0.2, 0) is 16.1 Å². The molecule has 2 amide bonds. The number of amides is 2. The molecule has 20 heavy (non-hydrogen) atoms. The lowest BCUT2D eigenvalue weighted by Gasteiger charge is -2.13. The molecule has 1 atom stereocenters. The third-order valence-corrected chi connectivity index (χ3v) is 2.47. The minimum Gasteiger partial charge on any atom is -0.481 e. The van der Waals surface area contributed by atoms with E-state index in [1.165, 1.54) is 6.20 Å². The zero-order valence-electron chi connectivity index (χ0n) is 10.9. The van der Waals surface area contributed by atoms with Crippen LogP contribution in [-0.4, -0.2) is 44.0 Å². The largest absolute Gasteiger partial charge is 0.481 e. The summed E-state index contributed by atoms with van der Waals surface area (Å²) in [6.45, 7) is 2.52. The fraction of sp³-hybridized carbons (Fsp3) is 0.455. The van der Waals surface area contributed by atoms with Crippen molar-refractivity contribution in [2.24, 2.45) is 0 Å². The van der Waals surface area contributed by atoms with Gasteiger partial charge in [-0.25, -0.2) is 9.59 Å². The maximum atomic E-state index is 11.6. The lowest BCUT2D eigenvalue weighted by Crippen LogP contribution is -2.43. The number of aliphatic carboxylic acids is 2. The fourth-order valence-corrected chi connectivity index (χ4v) is 1.45. The van der Waals surface area contributed by atoms with E-state index >= 15 is 0 Å². The molecule has 0 aliphatic rings. The molecule has 0 aliphatic heterocycles. The van der Waals surface area contributed by atoms with Gasteiger partial charge in [-0.1, -0.05) is 0 Å². The van der Waals surface area contributed by atoms with Gasteiger partial charge in [0, 0.05) is 19.2 Å². The number of carboxylic acids is 2. The van der Waals surface area contributed by atoms with Crippen LogP contribution in [0.2, 0.25) is 0 Å². The van der Waals surface area contributed by atoms with E-state index in [0.717, 1.165) is 0 Å². The lowest BCUT2D eigenvalue weighted by molar-refractivity contribution is -0.140. The molecule has 0 fully saturated rings. The van der Waals surface area contributed by atoms with Gasteiger partial charge in [0.25, 0.3) is 0 Å². The van der Waals surface area contributed by atoms with Crippen LogP contribution in [0, 0.1) is 0 Å². The fourth-order valence-electron chi connectivity index (χ4n) is 1.45. The topological polar surface area (TPSA) is 134 Å². The summed E-state index contributed by atoms with van der Waals surface area (Å²) < 4.78 is 1.59. The van der Waals surface area contributed by atoms with Gasteiger partial charge in [0.05, 0.1) is 11.9 Å². The first kappa shape index (κ1) is 15.5. The van der Waals surface area contributed by atoms with Crippen molar-refractivity contribution in [3.63, 3.8) is 0 Å². The summed E-state index contributed by atoms with van der Waals surface area (Å²) in [4.78, 5) is 32.9. The van der Waals surface area contributed by atoms with Crippen molar-refractivity contribution < 1.29 is 24.6 Å². The Hall–Kier alpha value is -2.58. The molecule has 1 rings (SSSR count). The van der Waals surface area contributed by atoms with Gasteiger partial charge in [0.1, 0.15) is 6.04 Å². The Balaban J connectivity index is 2.52. The highest BCUT2D eigenvalue weighted by Gasteiger charge is 2.21. The number of hydrogen-bond acceptors (Lipinski definition) is 4. The molecule has 0 aliphatic carbocycles. The minimum absolute atomic E-state index is 0.188. The highest BCUT2D eigenvalue weighted by atomic mass is 16.4. The van der Waals surface area contributed by atoms with Gasteiger partial charge in [-0.2, -0.15) is 5.10 Å². The number of nitrogens with one attached hydrogen (secondary N) is 2. The third kappa shape index (κ3) is 4.96. The zero-order chi connectivity index (χ0) is 15.1. The SMILES string of the molecule is CCn1cc(NC(=O)NC(CCC(=O)O)C(=O)O)cn1. The number of urea groups is 1. The van der Waals surface area contributed by atoms with Gasteiger partial charge in [-0.15, -0.1) is 0 Å². The van der Waals surface area contributed by atoms with Crippen molar-refractivity contribution in [3.8, 4) is 0 Å². The normalized spacial score (nSPS) is 11.7. The quantitative estimate of drug-likeness (QED) is 0.570. The summed E-state index contributed by atoms with van der Waals surface area (Å²) in [5.74, 6) is -2.41. The Morgan fingerprint density at radius 1 is 1.40 bits per heavy atom. The maximum Gasteiger partial charge on any atom is 0.326 e. The van der Waals surface area contributed by atoms with Crippen LogP contribution in [0.15, 0.2) is 12.4 Å². The number of rotatable bonds is 7. The van der Waals surface area contributed by atoms with E-state index in [-0.39, 0.29) is 12.8 Å². The van der Waals surface area contributed by atoms with E-state index in [2.05, 4.69) is 15.7 Å². The van der Waals surface area contributed by atoms with Gasteiger partial charge >= 0.3 is 18.0 Å². The average Bonchev–Trinajstić information content (AvgIpc) is 2.81. The Morgan fingerprint density at radius 2 is 2.10 bits per heavy atom. The smallest absolute Gasteiger partial charge is 0.326 e. The Labute approximate surface area is 114 Å². The molecule has 0 spiro atoms. The Morgan fingerprint density at radius 3 is 2.60 bits per heavy atom. The molecule has 9 nitrogen and oxygen atoms in total. The molecule has 1 unspecified atom stereocenters. The van der Waals surface area contributed by atoms with Crippen molar-refractivity contribution in [2.75, 3.05) is 5.32 Å². The number of anilines is 1. The molecule has 1 heterocycles. The van der Waals surface area contributed by atoms with Gasteiger partial charge in [-0.05, 0) is 13.3 Å². The second-order valence-corrected chi connectivity index (χ2v) is 4.01. The summed E-state index contributed by atoms with van der Waals surface area (Å²) in [6.07, 6.45) is 2.49. The first-order valence-corrected chi connectivity index (χ1v) is 5.97. The van der Waals surface area contributed by atoms with Crippen molar-refractivity contribution in [3.05, 3.63) is 12.4 Å². The Kier molecular flexibility index (Phi) is 5.51. The molecule has 110 valence electrons. The summed E-state index contributed by atoms with van der Waals surface area (Å²) in [6, 6.07) is -1.98. The van der Waals surface area contributed by atoms with Gasteiger partial charge in [0.15, 0.2) is 0 Å². The van der Waals surface area contributed by atoms with Crippen LogP contribution >= 0.6 is 0 Å². The van der Waals surface area contributed by atoms with Crippen molar-refractivity contribution in [1.82, 2.24) is 15.1 Å². The number of hydrogen-bond donors (Lipinski definition) is 4. The lowest BCUT2D eigenvalue weighted by atomic mass is 10.1. The number of carbonyl (C=O) groups excluding carboxylic acids is 1. The number of carbonyl (C=O) groups is 3. The summed E-state index contributed by atoms with van der Waals surface area (Å²) >= 11 is 0. The van der Waals surface area contributed by atoms with E-state index in [0.29, 0.717) is 12.2 Å². The maximum absolute atomic E-state index is 11.6. The molecule has 0 saturated heterocycles.